The summed E-state index contributed by atoms with van der Waals surface area (Å²) in [7, 11) is -3.37. The molecule has 13 heteroatoms. The van der Waals surface area contributed by atoms with E-state index in [0.717, 1.165) is 0 Å². The van der Waals surface area contributed by atoms with Crippen molar-refractivity contribution in [2.24, 2.45) is 0 Å². The van der Waals surface area contributed by atoms with Crippen LogP contribution in [-0.4, -0.2) is 35.2 Å². The van der Waals surface area contributed by atoms with Crippen molar-refractivity contribution in [3.63, 3.8) is 0 Å². The fourth-order valence-electron chi connectivity index (χ4n) is 4.21. The van der Waals surface area contributed by atoms with Gasteiger partial charge in [0.2, 0.25) is 5.91 Å². The Morgan fingerprint density at radius 2 is 1.72 bits per heavy atom. The number of pyridine rings is 1. The number of carbonyl (C=O) groups excluding carboxylic acids is 1. The molecular formula is C26H20Cl4N4O4S. The van der Waals surface area contributed by atoms with Gasteiger partial charge in [-0.2, -0.15) is 4.98 Å². The van der Waals surface area contributed by atoms with Gasteiger partial charge in [0, 0.05) is 38.8 Å². The molecule has 0 bridgehead atoms. The number of nitrogens with zero attached hydrogens (tertiary/aromatic N) is 3. The Morgan fingerprint density at radius 3 is 2.31 bits per heavy atom. The van der Waals surface area contributed by atoms with Gasteiger partial charge in [-0.3, -0.25) is 9.78 Å². The van der Waals surface area contributed by atoms with Crippen LogP contribution in [-0.2, 0) is 26.5 Å². The molecule has 202 valence electrons. The van der Waals surface area contributed by atoms with Crippen LogP contribution in [0.5, 0.6) is 0 Å². The topological polar surface area (TPSA) is 115 Å². The van der Waals surface area contributed by atoms with Gasteiger partial charge < -0.3 is 9.84 Å². The molecule has 1 saturated carbocycles. The predicted molar refractivity (Wildman–Crippen MR) is 151 cm³/mol. The number of benzene rings is 2. The maximum absolute atomic E-state index is 12.6. The van der Waals surface area contributed by atoms with E-state index in [9.17, 15) is 13.2 Å². The Bertz CT molecular complexity index is 1660. The molecule has 1 amide bonds. The molecule has 1 aliphatic carbocycles. The number of hydrogen-bond acceptors (Lipinski definition) is 7. The van der Waals surface area contributed by atoms with Gasteiger partial charge in [0.15, 0.2) is 15.7 Å². The van der Waals surface area contributed by atoms with Gasteiger partial charge in [0.05, 0.1) is 32.5 Å². The first-order valence-corrected chi connectivity index (χ1v) is 15.0. The molecule has 5 rings (SSSR count). The highest BCUT2D eigenvalue weighted by atomic mass is 35.5. The molecule has 4 aromatic rings. The van der Waals surface area contributed by atoms with E-state index in [-0.39, 0.29) is 23.0 Å². The molecule has 1 N–H and O–H groups in total. The fourth-order valence-corrected chi connectivity index (χ4v) is 6.18. The maximum atomic E-state index is 12.6. The molecule has 0 unspecified atom stereocenters. The van der Waals surface area contributed by atoms with Crippen LogP contribution in [0.1, 0.15) is 36.8 Å². The lowest BCUT2D eigenvalue weighted by Crippen LogP contribution is -2.17. The van der Waals surface area contributed by atoms with E-state index in [0.29, 0.717) is 67.2 Å². The molecule has 1 fully saturated rings. The smallest absolute Gasteiger partial charge is 0.258 e. The zero-order valence-corrected chi connectivity index (χ0v) is 24.2. The third kappa shape index (κ3) is 5.64. The van der Waals surface area contributed by atoms with E-state index in [4.69, 9.17) is 50.9 Å². The van der Waals surface area contributed by atoms with Gasteiger partial charge in [-0.1, -0.05) is 58.5 Å². The lowest BCUT2D eigenvalue weighted by Gasteiger charge is -2.17. The molecule has 1 aliphatic rings. The lowest BCUT2D eigenvalue weighted by molar-refractivity contribution is -0.115. The van der Waals surface area contributed by atoms with E-state index < -0.39 is 15.3 Å². The lowest BCUT2D eigenvalue weighted by atomic mass is 9.94. The third-order valence-corrected chi connectivity index (χ3v) is 9.51. The van der Waals surface area contributed by atoms with E-state index in [1.807, 2.05) is 0 Å². The summed E-state index contributed by atoms with van der Waals surface area (Å²) in [6.45, 7) is 1.56. The number of nitrogens with one attached hydrogen (secondary N) is 1. The van der Waals surface area contributed by atoms with Gasteiger partial charge in [-0.15, -0.1) is 0 Å². The van der Waals surface area contributed by atoms with Crippen molar-refractivity contribution in [1.82, 2.24) is 15.1 Å². The first-order chi connectivity index (χ1) is 18.5. The number of hydrogen-bond donors (Lipinski definition) is 1. The average molecular weight is 626 g/mol. The molecule has 0 radical (unpaired) electrons. The van der Waals surface area contributed by atoms with Gasteiger partial charge in [-0.05, 0) is 55.3 Å². The van der Waals surface area contributed by atoms with Crippen LogP contribution in [0.15, 0.2) is 58.1 Å². The maximum Gasteiger partial charge on any atom is 0.258 e. The molecule has 2 aromatic carbocycles. The minimum Gasteiger partial charge on any atom is -0.334 e. The van der Waals surface area contributed by atoms with Crippen LogP contribution in [0.4, 0.5) is 5.69 Å². The zero-order chi connectivity index (χ0) is 27.9. The summed E-state index contributed by atoms with van der Waals surface area (Å²) < 4.78 is 29.4. The number of rotatable bonds is 8. The Balaban J connectivity index is 1.33. The van der Waals surface area contributed by atoms with E-state index >= 15 is 0 Å². The summed E-state index contributed by atoms with van der Waals surface area (Å²) in [5.41, 5.74) is 1.50. The van der Waals surface area contributed by atoms with Crippen LogP contribution in [0.2, 0.25) is 20.1 Å². The summed E-state index contributed by atoms with van der Waals surface area (Å²) >= 11 is 25.5. The number of sulfone groups is 1. The predicted octanol–water partition coefficient (Wildman–Crippen LogP) is 6.80. The second-order valence-electron chi connectivity index (χ2n) is 9.06. The van der Waals surface area contributed by atoms with Gasteiger partial charge in [0.1, 0.15) is 0 Å². The van der Waals surface area contributed by atoms with Crippen molar-refractivity contribution in [3.8, 4) is 11.5 Å². The minimum absolute atomic E-state index is 0.0293. The Kier molecular flexibility index (Phi) is 7.65. The molecule has 0 aliphatic heterocycles. The van der Waals surface area contributed by atoms with Gasteiger partial charge in [-0.25, -0.2) is 8.42 Å². The van der Waals surface area contributed by atoms with E-state index in [2.05, 4.69) is 20.4 Å². The van der Waals surface area contributed by atoms with Crippen molar-refractivity contribution in [2.45, 2.75) is 36.5 Å². The molecule has 0 atom stereocenters. The molecule has 0 spiro atoms. The highest BCUT2D eigenvalue weighted by molar-refractivity contribution is 7.91. The normalized spacial score (nSPS) is 14.3. The summed E-state index contributed by atoms with van der Waals surface area (Å²) in [6, 6.07) is 11.2. The highest BCUT2D eigenvalue weighted by Gasteiger charge is 2.52. The van der Waals surface area contributed by atoms with E-state index in [1.165, 1.54) is 18.3 Å². The quantitative estimate of drug-likeness (QED) is 0.229. The zero-order valence-electron chi connectivity index (χ0n) is 20.3. The van der Waals surface area contributed by atoms with Gasteiger partial charge in [0.25, 0.3) is 5.89 Å². The minimum atomic E-state index is -3.37. The van der Waals surface area contributed by atoms with Gasteiger partial charge >= 0.3 is 0 Å². The van der Waals surface area contributed by atoms with Crippen LogP contribution in [0.25, 0.3) is 11.5 Å². The molecular weight excluding hydrogens is 606 g/mol. The first-order valence-electron chi connectivity index (χ1n) is 11.8. The standard InChI is InChI=1S/C26H20Cl4N4O4S/c1-2-39(36,37)17-5-4-15(31-13-17)12-22(35)32-16-10-20(29)23(21(30)11-16)26(7-8-26)25-33-24(38-34-25)14-3-6-18(27)19(28)9-14/h3-6,9-11,13H,2,7-8,12H2,1H3,(H,32,35). The summed E-state index contributed by atoms with van der Waals surface area (Å²) in [4.78, 5) is 21.4. The molecule has 0 saturated heterocycles. The van der Waals surface area contributed by atoms with Crippen LogP contribution < -0.4 is 5.32 Å². The summed E-state index contributed by atoms with van der Waals surface area (Å²) in [5.74, 6) is 0.348. The number of amides is 1. The monoisotopic (exact) mass is 624 g/mol. The number of halogens is 4. The fraction of sp³-hybridized carbons (Fsp3) is 0.231. The molecule has 2 aromatic heterocycles. The van der Waals surface area contributed by atoms with Crippen molar-refractivity contribution in [3.05, 3.63) is 85.8 Å². The Morgan fingerprint density at radius 1 is 1.00 bits per heavy atom. The second-order valence-corrected chi connectivity index (χ2v) is 13.0. The largest absolute Gasteiger partial charge is 0.334 e. The summed E-state index contributed by atoms with van der Waals surface area (Å²) in [5, 5.41) is 8.44. The van der Waals surface area contributed by atoms with Crippen LogP contribution in [0.3, 0.4) is 0 Å². The van der Waals surface area contributed by atoms with Crippen LogP contribution in [0, 0.1) is 0 Å². The van der Waals surface area contributed by atoms with Crippen molar-refractivity contribution in [2.75, 3.05) is 11.1 Å². The highest BCUT2D eigenvalue weighted by Crippen LogP contribution is 2.57. The average Bonchev–Trinajstić information content (AvgIpc) is 3.51. The van der Waals surface area contributed by atoms with E-state index in [1.54, 1.807) is 37.3 Å². The SMILES string of the molecule is CCS(=O)(=O)c1ccc(CC(=O)Nc2cc(Cl)c(C3(c4noc(-c5ccc(Cl)c(Cl)c5)n4)CC3)c(Cl)c2)nc1. The van der Waals surface area contributed by atoms with Crippen molar-refractivity contribution >= 4 is 67.8 Å². The summed E-state index contributed by atoms with van der Waals surface area (Å²) in [6.07, 6.45) is 2.62. The third-order valence-electron chi connectivity index (χ3n) is 6.45. The van der Waals surface area contributed by atoms with Crippen LogP contribution >= 0.6 is 46.4 Å². The molecule has 2 heterocycles. The molecule has 8 nitrogen and oxygen atoms in total. The number of carbonyl (C=O) groups is 1. The first kappa shape index (κ1) is 27.9. The Labute approximate surface area is 244 Å². The van der Waals surface area contributed by atoms with Crippen molar-refractivity contribution in [1.29, 1.82) is 0 Å². The number of anilines is 1. The second kappa shape index (κ2) is 10.7. The van der Waals surface area contributed by atoms with Crippen molar-refractivity contribution < 1.29 is 17.7 Å². The number of aromatic nitrogens is 3. The Hall–Kier alpha value is -2.69. The molecule has 39 heavy (non-hydrogen) atoms.